The lowest BCUT2D eigenvalue weighted by atomic mass is 9.85. The molecule has 5 nitrogen and oxygen atoms in total. The van der Waals surface area contributed by atoms with Crippen LogP contribution >= 0.6 is 22.7 Å². The van der Waals surface area contributed by atoms with E-state index in [1.165, 1.54) is 90.1 Å². The minimum Gasteiger partial charge on any atom is -0.307 e. The predicted octanol–water partition coefficient (Wildman–Crippen LogP) is 18.6. The van der Waals surface area contributed by atoms with Gasteiger partial charge in [0.25, 0.3) is 11.8 Å². The number of anilines is 2. The zero-order chi connectivity index (χ0) is 49.2. The highest BCUT2D eigenvalue weighted by molar-refractivity contribution is 7.28. The Bertz CT molecular complexity index is 2600. The van der Waals surface area contributed by atoms with Gasteiger partial charge in [-0.1, -0.05) is 176 Å². The number of ketones is 1. The molecule has 69 heavy (non-hydrogen) atoms. The highest BCUT2D eigenvalue weighted by Gasteiger charge is 2.43. The molecule has 0 bridgehead atoms. The Labute approximate surface area is 424 Å². The molecule has 7 heteroatoms. The van der Waals surface area contributed by atoms with Gasteiger partial charge in [-0.3, -0.25) is 14.4 Å². The molecule has 3 aromatic carbocycles. The number of nitrogens with zero attached hydrogens (tertiary/aromatic N) is 2. The minimum atomic E-state index is -0.0969. The van der Waals surface area contributed by atoms with Crippen LogP contribution in [0.3, 0.4) is 0 Å². The Hall–Kier alpha value is -4.07. The molecule has 372 valence electrons. The van der Waals surface area contributed by atoms with E-state index in [1.54, 1.807) is 18.3 Å². The highest BCUT2D eigenvalue weighted by Crippen LogP contribution is 2.51. The Kier molecular flexibility index (Phi) is 18.6. The largest absolute Gasteiger partial charge is 0.307 e. The maximum Gasteiger partial charge on any atom is 0.259 e. The third-order valence-electron chi connectivity index (χ3n) is 15.3. The van der Waals surface area contributed by atoms with E-state index in [0.717, 1.165) is 115 Å². The summed E-state index contributed by atoms with van der Waals surface area (Å²) < 4.78 is 2.44. The van der Waals surface area contributed by atoms with Crippen molar-refractivity contribution >= 4 is 83.0 Å². The molecule has 5 aromatic rings. The highest BCUT2D eigenvalue weighted by atomic mass is 32.1. The minimum absolute atomic E-state index is 0.0225. The molecule has 0 fully saturated rings. The maximum absolute atomic E-state index is 15.7. The lowest BCUT2D eigenvalue weighted by molar-refractivity contribution is -0.114. The average molecular weight is 969 g/mol. The van der Waals surface area contributed by atoms with E-state index in [-0.39, 0.29) is 23.0 Å². The Balaban J connectivity index is 1.38. The van der Waals surface area contributed by atoms with Gasteiger partial charge in [0.2, 0.25) is 0 Å². The molecule has 2 aromatic heterocycles. The second kappa shape index (κ2) is 24.4. The summed E-state index contributed by atoms with van der Waals surface area (Å²) in [6.07, 6.45) is 24.1. The van der Waals surface area contributed by atoms with Crippen LogP contribution in [0, 0.1) is 11.8 Å². The quantitative estimate of drug-likeness (QED) is 0.0299. The number of benzene rings is 3. The molecular weight excluding hydrogens is 885 g/mol. The molecule has 0 N–H and O–H groups in total. The monoisotopic (exact) mass is 969 g/mol. The summed E-state index contributed by atoms with van der Waals surface area (Å²) in [5, 5.41) is 4.41. The van der Waals surface area contributed by atoms with E-state index in [1.807, 2.05) is 11.3 Å². The van der Waals surface area contributed by atoms with Crippen molar-refractivity contribution in [3.8, 4) is 10.4 Å². The van der Waals surface area contributed by atoms with Crippen LogP contribution in [-0.2, 0) is 21.4 Å². The average Bonchev–Trinajstić information content (AvgIpc) is 4.11. The Morgan fingerprint density at radius 3 is 1.64 bits per heavy atom. The standard InChI is InChI=1S/C62H84N2O3S2/c1-10-15-20-23-28-43(26-18-13-4)40-63-52-37-45(54-39-51-47(30-25-22-17-12-3)55(42(6)65)50-35-36-68-58(50)59(51)69-54)31-33-48(52)56(60(63)66)57-49-34-32-46(62(7,8)9)38-53(49)64(61(57)67)41-44(27-19-14-5)29-24-21-16-11-2/h31-39,43-44H,10-30,40-41H2,1-9H3/b57-56+. The van der Waals surface area contributed by atoms with Gasteiger partial charge in [0.05, 0.1) is 31.9 Å². The van der Waals surface area contributed by atoms with E-state index in [4.69, 9.17) is 0 Å². The molecule has 0 radical (unpaired) electrons. The fourth-order valence-electron chi connectivity index (χ4n) is 11.3. The molecule has 0 saturated heterocycles. The van der Waals surface area contributed by atoms with E-state index < -0.39 is 0 Å². The Morgan fingerprint density at radius 1 is 0.580 bits per heavy atom. The van der Waals surface area contributed by atoms with Crippen molar-refractivity contribution in [2.24, 2.45) is 11.8 Å². The molecule has 2 amide bonds. The maximum atomic E-state index is 15.7. The summed E-state index contributed by atoms with van der Waals surface area (Å²) in [4.78, 5) is 49.9. The van der Waals surface area contributed by atoms with Crippen LogP contribution in [0.4, 0.5) is 11.4 Å². The number of hydrogen-bond acceptors (Lipinski definition) is 5. The molecular formula is C62H84N2O3S2. The van der Waals surface area contributed by atoms with Crippen molar-refractivity contribution in [1.82, 2.24) is 0 Å². The van der Waals surface area contributed by atoms with Gasteiger partial charge in [-0.05, 0) is 114 Å². The van der Waals surface area contributed by atoms with E-state index in [2.05, 4.69) is 119 Å². The zero-order valence-corrected chi connectivity index (χ0v) is 45.7. The van der Waals surface area contributed by atoms with Gasteiger partial charge in [-0.15, -0.1) is 22.7 Å². The molecule has 2 aliphatic heterocycles. The van der Waals surface area contributed by atoms with E-state index in [0.29, 0.717) is 36.1 Å². The van der Waals surface area contributed by atoms with Gasteiger partial charge >= 0.3 is 0 Å². The van der Waals surface area contributed by atoms with Crippen molar-refractivity contribution in [1.29, 1.82) is 0 Å². The first kappa shape index (κ1) is 52.7. The van der Waals surface area contributed by atoms with Crippen molar-refractivity contribution in [2.45, 2.75) is 203 Å². The normalized spacial score (nSPS) is 15.8. The molecule has 0 aliphatic carbocycles. The number of unbranched alkanes of at least 4 members (excludes halogenated alkanes) is 11. The van der Waals surface area contributed by atoms with Crippen molar-refractivity contribution in [3.05, 3.63) is 81.7 Å². The van der Waals surface area contributed by atoms with Crippen molar-refractivity contribution in [2.75, 3.05) is 22.9 Å². The number of carbonyl (C=O) groups is 3. The Morgan fingerprint density at radius 2 is 1.10 bits per heavy atom. The number of thiophene rings is 2. The number of amides is 2. The zero-order valence-electron chi connectivity index (χ0n) is 44.0. The van der Waals surface area contributed by atoms with Crippen molar-refractivity contribution in [3.63, 3.8) is 0 Å². The molecule has 0 spiro atoms. The summed E-state index contributed by atoms with van der Waals surface area (Å²) in [5.74, 6) is 0.850. The van der Waals surface area contributed by atoms with E-state index in [9.17, 15) is 4.79 Å². The number of hydrogen-bond donors (Lipinski definition) is 0. The summed E-state index contributed by atoms with van der Waals surface area (Å²) in [7, 11) is 0. The van der Waals surface area contributed by atoms with Crippen LogP contribution in [0.1, 0.15) is 223 Å². The van der Waals surface area contributed by atoms with Gasteiger partial charge in [-0.25, -0.2) is 0 Å². The number of aryl methyl sites for hydroxylation is 1. The number of fused-ring (bicyclic) bond motifs is 5. The molecule has 2 unspecified atom stereocenters. The van der Waals surface area contributed by atoms with Crippen LogP contribution < -0.4 is 9.80 Å². The van der Waals surface area contributed by atoms with Gasteiger partial charge in [0, 0.05) is 40.0 Å². The topological polar surface area (TPSA) is 57.7 Å². The summed E-state index contributed by atoms with van der Waals surface area (Å²) in [6.45, 7) is 21.1. The number of Topliss-reactive ketones (excluding diaryl/α,β-unsaturated/α-hetero) is 1. The van der Waals surface area contributed by atoms with Gasteiger partial charge < -0.3 is 9.80 Å². The molecule has 2 atom stereocenters. The lowest BCUT2D eigenvalue weighted by Gasteiger charge is -2.26. The van der Waals surface area contributed by atoms with Gasteiger partial charge in [-0.2, -0.15) is 0 Å². The van der Waals surface area contributed by atoms with Crippen LogP contribution in [0.15, 0.2) is 53.9 Å². The second-order valence-corrected chi connectivity index (χ2v) is 23.7. The molecule has 2 aliphatic rings. The SMILES string of the molecule is CCCCCCc1c(C(C)=O)c2ccsc2c2sc(-c3ccc4c(c3)N(CC(CCCC)CCCCCC)C(=O)/C4=C3/C(=O)N(CC(CCCC)CCCCCC)c4cc(C(C)(C)C)ccc43)cc12. The van der Waals surface area contributed by atoms with Crippen LogP contribution in [0.5, 0.6) is 0 Å². The molecule has 7 rings (SSSR count). The fourth-order valence-corrected chi connectivity index (χ4v) is 13.5. The van der Waals surface area contributed by atoms with Crippen molar-refractivity contribution < 1.29 is 14.4 Å². The lowest BCUT2D eigenvalue weighted by Crippen LogP contribution is -2.34. The first-order chi connectivity index (χ1) is 33.4. The summed E-state index contributed by atoms with van der Waals surface area (Å²) >= 11 is 3.54. The third-order valence-corrected chi connectivity index (χ3v) is 17.6. The number of rotatable bonds is 27. The van der Waals surface area contributed by atoms with Crippen LogP contribution in [-0.4, -0.2) is 30.7 Å². The summed E-state index contributed by atoms with van der Waals surface area (Å²) in [5.41, 5.74) is 9.06. The third kappa shape index (κ3) is 11.8. The fraction of sp³-hybridized carbons (Fsp3) is 0.565. The smallest absolute Gasteiger partial charge is 0.259 e. The molecule has 0 saturated carbocycles. The number of carbonyl (C=O) groups excluding carboxylic acids is 3. The van der Waals surface area contributed by atoms with E-state index >= 15 is 9.59 Å². The first-order valence-corrected chi connectivity index (χ1v) is 29.2. The van der Waals surface area contributed by atoms with Gasteiger partial charge in [0.1, 0.15) is 0 Å². The summed E-state index contributed by atoms with van der Waals surface area (Å²) in [6, 6.07) is 17.7. The first-order valence-electron chi connectivity index (χ1n) is 27.5. The second-order valence-electron chi connectivity index (χ2n) is 21.7. The predicted molar refractivity (Wildman–Crippen MR) is 301 cm³/mol. The van der Waals surface area contributed by atoms with Crippen LogP contribution in [0.2, 0.25) is 0 Å². The van der Waals surface area contributed by atoms with Gasteiger partial charge in [0.15, 0.2) is 5.78 Å². The molecule has 4 heterocycles. The van der Waals surface area contributed by atoms with Crippen LogP contribution in [0.25, 0.3) is 41.8 Å².